The number of fused-ring (bicyclic) bond motifs is 1. The average Bonchev–Trinajstić information content (AvgIpc) is 3.01. The molecule has 4 nitrogen and oxygen atoms in total. The van der Waals surface area contributed by atoms with Crippen LogP contribution in [0.3, 0.4) is 0 Å². The third-order valence-electron chi connectivity index (χ3n) is 4.49. The number of hydrogen-bond acceptors (Lipinski definition) is 2. The average molecular weight is 338 g/mol. The molecule has 1 amide bonds. The van der Waals surface area contributed by atoms with Gasteiger partial charge in [-0.15, -0.1) is 0 Å². The van der Waals surface area contributed by atoms with Gasteiger partial charge < -0.3 is 5.32 Å². The SMILES string of the molecule is Cc1c(Cl)cccc1-n1ncc2c1NC(=O)CC2c1ccccc1. The fourth-order valence-corrected chi connectivity index (χ4v) is 3.38. The van der Waals surface area contributed by atoms with Crippen LogP contribution in [0, 0.1) is 6.92 Å². The number of aromatic nitrogens is 2. The quantitative estimate of drug-likeness (QED) is 0.757. The third-order valence-corrected chi connectivity index (χ3v) is 4.90. The molecular weight excluding hydrogens is 322 g/mol. The van der Waals surface area contributed by atoms with Crippen molar-refractivity contribution < 1.29 is 4.79 Å². The summed E-state index contributed by atoms with van der Waals surface area (Å²) in [7, 11) is 0. The predicted octanol–water partition coefficient (Wildman–Crippen LogP) is 4.31. The highest BCUT2D eigenvalue weighted by molar-refractivity contribution is 6.31. The Morgan fingerprint density at radius 1 is 1.17 bits per heavy atom. The second kappa shape index (κ2) is 5.80. The molecule has 2 aromatic carbocycles. The Morgan fingerprint density at radius 2 is 1.96 bits per heavy atom. The first-order valence-electron chi connectivity index (χ1n) is 7.83. The van der Waals surface area contributed by atoms with Crippen molar-refractivity contribution in [2.45, 2.75) is 19.3 Å². The van der Waals surface area contributed by atoms with Crippen molar-refractivity contribution in [3.05, 3.63) is 76.4 Å². The molecule has 120 valence electrons. The van der Waals surface area contributed by atoms with Crippen molar-refractivity contribution in [1.82, 2.24) is 9.78 Å². The molecule has 0 spiro atoms. The van der Waals surface area contributed by atoms with Crippen LogP contribution in [0.4, 0.5) is 5.82 Å². The summed E-state index contributed by atoms with van der Waals surface area (Å²) in [4.78, 5) is 12.3. The van der Waals surface area contributed by atoms with Gasteiger partial charge in [-0.1, -0.05) is 48.0 Å². The monoisotopic (exact) mass is 337 g/mol. The first-order chi connectivity index (χ1) is 11.6. The molecule has 2 heterocycles. The first-order valence-corrected chi connectivity index (χ1v) is 8.21. The van der Waals surface area contributed by atoms with E-state index in [-0.39, 0.29) is 11.8 Å². The summed E-state index contributed by atoms with van der Waals surface area (Å²) in [6.07, 6.45) is 2.27. The first kappa shape index (κ1) is 15.0. The lowest BCUT2D eigenvalue weighted by Gasteiger charge is -2.24. The van der Waals surface area contributed by atoms with E-state index in [2.05, 4.69) is 22.5 Å². The van der Waals surface area contributed by atoms with Crippen molar-refractivity contribution in [3.8, 4) is 5.69 Å². The lowest BCUT2D eigenvalue weighted by Crippen LogP contribution is -2.24. The Balaban J connectivity index is 1.86. The summed E-state index contributed by atoms with van der Waals surface area (Å²) in [6, 6.07) is 15.8. The van der Waals surface area contributed by atoms with Crippen LogP contribution >= 0.6 is 11.6 Å². The number of carbonyl (C=O) groups is 1. The standard InChI is InChI=1S/C19H16ClN3O/c1-12-16(20)8-5-9-17(12)23-19-15(11-21-23)14(10-18(24)22-19)13-6-3-2-4-7-13/h2-9,11,14H,10H2,1H3,(H,22,24). The molecule has 5 heteroatoms. The van der Waals surface area contributed by atoms with E-state index in [1.54, 1.807) is 4.68 Å². The maximum Gasteiger partial charge on any atom is 0.226 e. The minimum atomic E-state index is -0.00205. The normalized spacial score (nSPS) is 16.6. The summed E-state index contributed by atoms with van der Waals surface area (Å²) in [5.41, 5.74) is 3.95. The Hall–Kier alpha value is -2.59. The molecule has 0 radical (unpaired) electrons. The van der Waals surface area contributed by atoms with Gasteiger partial charge in [-0.3, -0.25) is 4.79 Å². The van der Waals surface area contributed by atoms with Gasteiger partial charge in [0, 0.05) is 22.9 Å². The van der Waals surface area contributed by atoms with Gasteiger partial charge >= 0.3 is 0 Å². The Morgan fingerprint density at radius 3 is 2.75 bits per heavy atom. The molecule has 0 saturated carbocycles. The number of amides is 1. The van der Waals surface area contributed by atoms with E-state index in [4.69, 9.17) is 11.6 Å². The van der Waals surface area contributed by atoms with Gasteiger partial charge in [-0.25, -0.2) is 4.68 Å². The number of benzene rings is 2. The second-order valence-corrected chi connectivity index (χ2v) is 6.37. The number of nitrogens with one attached hydrogen (secondary N) is 1. The Labute approximate surface area is 145 Å². The van der Waals surface area contributed by atoms with Crippen LogP contribution in [0.2, 0.25) is 5.02 Å². The second-order valence-electron chi connectivity index (χ2n) is 5.96. The van der Waals surface area contributed by atoms with Gasteiger partial charge in [-0.05, 0) is 30.2 Å². The van der Waals surface area contributed by atoms with Crippen molar-refractivity contribution in [3.63, 3.8) is 0 Å². The Bertz CT molecular complexity index is 918. The van der Waals surface area contributed by atoms with Crippen molar-refractivity contribution in [2.24, 2.45) is 0 Å². The minimum Gasteiger partial charge on any atom is -0.310 e. The summed E-state index contributed by atoms with van der Waals surface area (Å²) in [6.45, 7) is 1.95. The van der Waals surface area contributed by atoms with E-state index in [0.29, 0.717) is 11.4 Å². The minimum absolute atomic E-state index is 0.00205. The maximum absolute atomic E-state index is 12.3. The lowest BCUT2D eigenvalue weighted by molar-refractivity contribution is -0.116. The number of nitrogens with zero attached hydrogens (tertiary/aromatic N) is 2. The summed E-state index contributed by atoms with van der Waals surface area (Å²) < 4.78 is 1.77. The molecule has 0 aliphatic carbocycles. The number of anilines is 1. The zero-order valence-corrected chi connectivity index (χ0v) is 13.9. The van der Waals surface area contributed by atoms with Gasteiger partial charge in [0.25, 0.3) is 0 Å². The fraction of sp³-hybridized carbons (Fsp3) is 0.158. The van der Waals surface area contributed by atoms with Crippen LogP contribution in [0.15, 0.2) is 54.7 Å². The highest BCUT2D eigenvalue weighted by atomic mass is 35.5. The zero-order valence-electron chi connectivity index (χ0n) is 13.2. The van der Waals surface area contributed by atoms with Crippen molar-refractivity contribution in [2.75, 3.05) is 5.32 Å². The van der Waals surface area contributed by atoms with E-state index >= 15 is 0 Å². The maximum atomic E-state index is 12.3. The Kier molecular flexibility index (Phi) is 3.62. The molecule has 0 bridgehead atoms. The molecule has 1 aliphatic heterocycles. The molecule has 24 heavy (non-hydrogen) atoms. The summed E-state index contributed by atoms with van der Waals surface area (Å²) >= 11 is 6.24. The van der Waals surface area contributed by atoms with E-state index in [1.165, 1.54) is 0 Å². The number of rotatable bonds is 2. The smallest absolute Gasteiger partial charge is 0.226 e. The van der Waals surface area contributed by atoms with E-state index in [1.807, 2.05) is 49.5 Å². The van der Waals surface area contributed by atoms with Gasteiger partial charge in [0.05, 0.1) is 11.9 Å². The van der Waals surface area contributed by atoms with Crippen LogP contribution in [-0.4, -0.2) is 15.7 Å². The number of hydrogen-bond donors (Lipinski definition) is 1. The van der Waals surface area contributed by atoms with Crippen molar-refractivity contribution in [1.29, 1.82) is 0 Å². The van der Waals surface area contributed by atoms with Gasteiger partial charge in [0.15, 0.2) is 0 Å². The van der Waals surface area contributed by atoms with Gasteiger partial charge in [0.2, 0.25) is 5.91 Å². The molecule has 1 atom stereocenters. The largest absolute Gasteiger partial charge is 0.310 e. The molecule has 0 saturated heterocycles. The van der Waals surface area contributed by atoms with Crippen LogP contribution in [-0.2, 0) is 4.79 Å². The molecule has 1 unspecified atom stereocenters. The van der Waals surface area contributed by atoms with Crippen LogP contribution in [0.5, 0.6) is 0 Å². The van der Waals surface area contributed by atoms with E-state index < -0.39 is 0 Å². The third kappa shape index (κ3) is 2.39. The predicted molar refractivity (Wildman–Crippen MR) is 94.8 cm³/mol. The highest BCUT2D eigenvalue weighted by Crippen LogP contribution is 2.38. The van der Waals surface area contributed by atoms with Crippen LogP contribution < -0.4 is 5.32 Å². The van der Waals surface area contributed by atoms with Gasteiger partial charge in [0.1, 0.15) is 5.82 Å². The van der Waals surface area contributed by atoms with Crippen molar-refractivity contribution >= 4 is 23.3 Å². The topological polar surface area (TPSA) is 46.9 Å². The molecule has 1 aliphatic rings. The zero-order chi connectivity index (χ0) is 16.7. The summed E-state index contributed by atoms with van der Waals surface area (Å²) in [5.74, 6) is 0.742. The number of halogens is 1. The number of carbonyl (C=O) groups excluding carboxylic acids is 1. The summed E-state index contributed by atoms with van der Waals surface area (Å²) in [5, 5.41) is 8.17. The molecule has 0 fully saturated rings. The van der Waals surface area contributed by atoms with E-state index in [0.717, 1.165) is 28.2 Å². The lowest BCUT2D eigenvalue weighted by atomic mass is 9.87. The molecule has 1 N–H and O–H groups in total. The van der Waals surface area contributed by atoms with Crippen LogP contribution in [0.25, 0.3) is 5.69 Å². The molecule has 4 rings (SSSR count). The van der Waals surface area contributed by atoms with Gasteiger partial charge in [-0.2, -0.15) is 5.10 Å². The molecule has 3 aromatic rings. The van der Waals surface area contributed by atoms with E-state index in [9.17, 15) is 4.79 Å². The highest BCUT2D eigenvalue weighted by Gasteiger charge is 2.30. The fourth-order valence-electron chi connectivity index (χ4n) is 3.21. The molecule has 1 aromatic heterocycles. The molecular formula is C19H16ClN3O. The van der Waals surface area contributed by atoms with Crippen LogP contribution in [0.1, 0.15) is 29.0 Å².